The van der Waals surface area contributed by atoms with Crippen molar-refractivity contribution in [3.05, 3.63) is 24.0 Å². The van der Waals surface area contributed by atoms with Crippen molar-refractivity contribution in [2.75, 3.05) is 25.1 Å². The number of pyridine rings is 1. The summed E-state index contributed by atoms with van der Waals surface area (Å²) in [5.41, 5.74) is 1.38. The lowest BCUT2D eigenvalue weighted by molar-refractivity contribution is -0.122. The average molecular weight is 356 g/mol. The first-order chi connectivity index (χ1) is 12.8. The second kappa shape index (κ2) is 9.54. The van der Waals surface area contributed by atoms with Crippen LogP contribution in [0.25, 0.3) is 0 Å². The zero-order chi connectivity index (χ0) is 18.2. The Kier molecular flexibility index (Phi) is 6.84. The fraction of sp³-hybridized carbons (Fsp3) is 0.650. The quantitative estimate of drug-likeness (QED) is 0.818. The van der Waals surface area contributed by atoms with Crippen LogP contribution in [0.5, 0.6) is 0 Å². The van der Waals surface area contributed by atoms with Crippen LogP contribution < -0.4 is 10.6 Å². The number of rotatable bonds is 6. The van der Waals surface area contributed by atoms with E-state index in [1.807, 2.05) is 6.07 Å². The van der Waals surface area contributed by atoms with E-state index in [0.717, 1.165) is 64.0 Å². The van der Waals surface area contributed by atoms with Gasteiger partial charge < -0.3 is 15.4 Å². The Balaban J connectivity index is 1.53. The first kappa shape index (κ1) is 18.7. The zero-order valence-electron chi connectivity index (χ0n) is 15.2. The molecule has 0 spiro atoms. The van der Waals surface area contributed by atoms with Gasteiger partial charge in [-0.2, -0.15) is 5.26 Å². The molecular weight excluding hydrogens is 328 g/mol. The minimum absolute atomic E-state index is 0.144. The van der Waals surface area contributed by atoms with Crippen LogP contribution in [0.2, 0.25) is 0 Å². The van der Waals surface area contributed by atoms with Gasteiger partial charge in [0.15, 0.2) is 0 Å². The lowest BCUT2D eigenvalue weighted by Crippen LogP contribution is -2.38. The Bertz CT molecular complexity index is 637. The maximum absolute atomic E-state index is 12.4. The smallest absolute Gasteiger partial charge is 0.220 e. The summed E-state index contributed by atoms with van der Waals surface area (Å²) in [6.45, 7) is 2.38. The monoisotopic (exact) mass is 356 g/mol. The van der Waals surface area contributed by atoms with E-state index < -0.39 is 0 Å². The topological polar surface area (TPSA) is 87.0 Å². The van der Waals surface area contributed by atoms with Gasteiger partial charge in [0.2, 0.25) is 5.91 Å². The summed E-state index contributed by atoms with van der Waals surface area (Å²) >= 11 is 0. The molecule has 1 aromatic heterocycles. The number of hydrogen-bond donors (Lipinski definition) is 2. The van der Waals surface area contributed by atoms with Gasteiger partial charge in [0.25, 0.3) is 0 Å². The van der Waals surface area contributed by atoms with Gasteiger partial charge >= 0.3 is 0 Å². The van der Waals surface area contributed by atoms with Crippen LogP contribution in [0.15, 0.2) is 18.5 Å². The normalized spacial score (nSPS) is 23.8. The molecule has 1 aliphatic heterocycles. The standard InChI is InChI=1S/C20H28N4O2/c21-12-17-14-22-8-5-19(17)24-18-4-2-1-3-16(18)11-20(25)23-13-15-6-9-26-10-7-15/h5,8,14-16,18H,1-4,6-7,9-11,13H2,(H,22,24)(H,23,25)/t16-,18-/m0/s1. The minimum Gasteiger partial charge on any atom is -0.381 e. The van der Waals surface area contributed by atoms with Gasteiger partial charge in [-0.15, -0.1) is 0 Å². The number of carbonyl (C=O) groups excluding carboxylic acids is 1. The van der Waals surface area contributed by atoms with Crippen molar-refractivity contribution in [3.8, 4) is 6.07 Å². The molecule has 2 heterocycles. The Morgan fingerprint density at radius 2 is 2.08 bits per heavy atom. The molecule has 2 aliphatic rings. The predicted molar refractivity (Wildman–Crippen MR) is 99.5 cm³/mol. The third-order valence-corrected chi connectivity index (χ3v) is 5.57. The van der Waals surface area contributed by atoms with Gasteiger partial charge in [0.1, 0.15) is 6.07 Å². The van der Waals surface area contributed by atoms with Crippen LogP contribution in [0, 0.1) is 23.2 Å². The van der Waals surface area contributed by atoms with Crippen molar-refractivity contribution >= 4 is 11.6 Å². The number of aromatic nitrogens is 1. The molecule has 1 saturated heterocycles. The minimum atomic E-state index is 0.144. The van der Waals surface area contributed by atoms with E-state index in [0.29, 0.717) is 23.8 Å². The van der Waals surface area contributed by atoms with Crippen LogP contribution in [0.4, 0.5) is 5.69 Å². The lowest BCUT2D eigenvalue weighted by atomic mass is 9.82. The molecule has 1 saturated carbocycles. The largest absolute Gasteiger partial charge is 0.381 e. The predicted octanol–water partition coefficient (Wildman–Crippen LogP) is 2.86. The summed E-state index contributed by atoms with van der Waals surface area (Å²) in [7, 11) is 0. The van der Waals surface area contributed by atoms with Crippen molar-refractivity contribution in [1.82, 2.24) is 10.3 Å². The first-order valence-electron chi connectivity index (χ1n) is 9.71. The van der Waals surface area contributed by atoms with Crippen molar-refractivity contribution in [2.24, 2.45) is 11.8 Å². The molecule has 1 aromatic rings. The van der Waals surface area contributed by atoms with E-state index in [4.69, 9.17) is 4.74 Å². The Morgan fingerprint density at radius 3 is 2.88 bits per heavy atom. The summed E-state index contributed by atoms with van der Waals surface area (Å²) in [6.07, 6.45) is 10.3. The average Bonchev–Trinajstić information content (AvgIpc) is 2.69. The van der Waals surface area contributed by atoms with Gasteiger partial charge in [0.05, 0.1) is 11.3 Å². The number of nitrogens with one attached hydrogen (secondary N) is 2. The van der Waals surface area contributed by atoms with E-state index >= 15 is 0 Å². The van der Waals surface area contributed by atoms with E-state index in [1.165, 1.54) is 0 Å². The third kappa shape index (κ3) is 5.18. The molecule has 140 valence electrons. The maximum Gasteiger partial charge on any atom is 0.220 e. The van der Waals surface area contributed by atoms with Gasteiger partial charge in [-0.05, 0) is 43.6 Å². The molecule has 1 amide bonds. The van der Waals surface area contributed by atoms with Crippen molar-refractivity contribution in [2.45, 2.75) is 51.0 Å². The van der Waals surface area contributed by atoms with Crippen LogP contribution >= 0.6 is 0 Å². The molecule has 2 atom stereocenters. The van der Waals surface area contributed by atoms with Gasteiger partial charge in [-0.1, -0.05) is 12.8 Å². The zero-order valence-corrected chi connectivity index (χ0v) is 15.2. The van der Waals surface area contributed by atoms with Crippen molar-refractivity contribution in [3.63, 3.8) is 0 Å². The fourth-order valence-corrected chi connectivity index (χ4v) is 3.97. The summed E-state index contributed by atoms with van der Waals surface area (Å²) in [4.78, 5) is 16.5. The number of nitriles is 1. The lowest BCUT2D eigenvalue weighted by Gasteiger charge is -2.33. The SMILES string of the molecule is N#Cc1cnccc1N[C@H]1CCCC[C@H]1CC(=O)NCC1CCOCC1. The fourth-order valence-electron chi connectivity index (χ4n) is 3.97. The third-order valence-electron chi connectivity index (χ3n) is 5.57. The molecular formula is C20H28N4O2. The highest BCUT2D eigenvalue weighted by atomic mass is 16.5. The molecule has 0 unspecified atom stereocenters. The first-order valence-corrected chi connectivity index (χ1v) is 9.71. The second-order valence-electron chi connectivity index (χ2n) is 7.39. The van der Waals surface area contributed by atoms with E-state index in [1.54, 1.807) is 12.4 Å². The van der Waals surface area contributed by atoms with Crippen LogP contribution in [0.1, 0.15) is 50.5 Å². The Labute approximate surface area is 155 Å². The number of anilines is 1. The molecule has 2 N–H and O–H groups in total. The molecule has 0 bridgehead atoms. The number of amides is 1. The molecule has 0 aromatic carbocycles. The number of ether oxygens (including phenoxy) is 1. The highest BCUT2D eigenvalue weighted by Crippen LogP contribution is 2.30. The highest BCUT2D eigenvalue weighted by Gasteiger charge is 2.28. The molecule has 26 heavy (non-hydrogen) atoms. The van der Waals surface area contributed by atoms with E-state index in [-0.39, 0.29) is 11.9 Å². The van der Waals surface area contributed by atoms with Crippen LogP contribution in [-0.2, 0) is 9.53 Å². The number of hydrogen-bond acceptors (Lipinski definition) is 5. The Morgan fingerprint density at radius 1 is 1.27 bits per heavy atom. The number of carbonyl (C=O) groups is 1. The summed E-state index contributed by atoms with van der Waals surface area (Å²) < 4.78 is 5.37. The summed E-state index contributed by atoms with van der Waals surface area (Å²) in [6, 6.07) is 4.25. The van der Waals surface area contributed by atoms with Gasteiger partial charge in [-0.3, -0.25) is 9.78 Å². The molecule has 1 aliphatic carbocycles. The molecule has 6 nitrogen and oxygen atoms in total. The molecule has 2 fully saturated rings. The van der Waals surface area contributed by atoms with Gasteiger partial charge in [0, 0.05) is 44.6 Å². The Hall–Kier alpha value is -2.13. The second-order valence-corrected chi connectivity index (χ2v) is 7.39. The van der Waals surface area contributed by atoms with Crippen molar-refractivity contribution in [1.29, 1.82) is 5.26 Å². The van der Waals surface area contributed by atoms with Crippen molar-refractivity contribution < 1.29 is 9.53 Å². The highest BCUT2D eigenvalue weighted by molar-refractivity contribution is 5.76. The maximum atomic E-state index is 12.4. The van der Waals surface area contributed by atoms with E-state index in [9.17, 15) is 10.1 Å². The molecule has 0 radical (unpaired) electrons. The van der Waals surface area contributed by atoms with E-state index in [2.05, 4.69) is 21.7 Å². The summed E-state index contributed by atoms with van der Waals surface area (Å²) in [5.74, 6) is 0.992. The van der Waals surface area contributed by atoms with Crippen LogP contribution in [0.3, 0.4) is 0 Å². The summed E-state index contributed by atoms with van der Waals surface area (Å²) in [5, 5.41) is 15.9. The van der Waals surface area contributed by atoms with Crippen LogP contribution in [-0.4, -0.2) is 36.7 Å². The number of nitrogens with zero attached hydrogens (tertiary/aromatic N) is 2. The molecule has 3 rings (SSSR count). The van der Waals surface area contributed by atoms with Gasteiger partial charge in [-0.25, -0.2) is 0 Å². The molecule has 6 heteroatoms.